The molecule has 0 aromatic rings. The maximum atomic E-state index is 12.4. The van der Waals surface area contributed by atoms with Crippen molar-refractivity contribution < 1.29 is 18.8 Å². The summed E-state index contributed by atoms with van der Waals surface area (Å²) in [6.07, 6.45) is 15.1. The van der Waals surface area contributed by atoms with E-state index < -0.39 is 0 Å². The van der Waals surface area contributed by atoms with E-state index in [4.69, 9.17) is 9.47 Å². The van der Waals surface area contributed by atoms with Crippen LogP contribution in [0.5, 0.6) is 0 Å². The van der Waals surface area contributed by atoms with E-state index in [-0.39, 0.29) is 17.5 Å². The first-order valence-corrected chi connectivity index (χ1v) is 15.6. The van der Waals surface area contributed by atoms with Gasteiger partial charge in [0.1, 0.15) is 6.04 Å². The van der Waals surface area contributed by atoms with E-state index in [0.717, 1.165) is 54.6 Å². The van der Waals surface area contributed by atoms with E-state index in [2.05, 4.69) is 25.8 Å². The first kappa shape index (κ1) is 25.6. The third kappa shape index (κ3) is 4.09. The molecule has 5 heteroatoms. The van der Waals surface area contributed by atoms with Crippen molar-refractivity contribution in [2.24, 2.45) is 34.5 Å². The molecule has 0 spiro atoms. The van der Waals surface area contributed by atoms with Gasteiger partial charge in [0.05, 0.1) is 33.4 Å². The Morgan fingerprint density at radius 3 is 2.39 bits per heavy atom. The number of rotatable bonds is 3. The fourth-order valence-electron chi connectivity index (χ4n) is 11.1. The largest absolute Gasteiger partial charge is 0.456 e. The summed E-state index contributed by atoms with van der Waals surface area (Å²) in [4.78, 5) is 15.2. The van der Waals surface area contributed by atoms with Crippen molar-refractivity contribution in [2.45, 2.75) is 110 Å². The van der Waals surface area contributed by atoms with Crippen LogP contribution >= 0.6 is 0 Å². The number of nitrogens with zero attached hydrogens (tertiary/aromatic N) is 2. The van der Waals surface area contributed by atoms with Crippen LogP contribution < -0.4 is 0 Å². The third-order valence-electron chi connectivity index (χ3n) is 13.0. The van der Waals surface area contributed by atoms with Gasteiger partial charge in [-0.1, -0.05) is 13.8 Å². The molecule has 204 valence electrons. The second-order valence-electron chi connectivity index (χ2n) is 14.6. The lowest BCUT2D eigenvalue weighted by Gasteiger charge is -2.61. The quantitative estimate of drug-likeness (QED) is 0.390. The van der Waals surface area contributed by atoms with E-state index in [1.54, 1.807) is 6.92 Å². The summed E-state index contributed by atoms with van der Waals surface area (Å²) in [5, 5.41) is 0. The molecule has 5 nitrogen and oxygen atoms in total. The molecule has 6 rings (SSSR count). The summed E-state index contributed by atoms with van der Waals surface area (Å²) in [6.45, 7) is 13.5. The smallest absolute Gasteiger partial charge is 0.303 e. The Bertz CT molecular complexity index is 821. The summed E-state index contributed by atoms with van der Waals surface area (Å²) in [7, 11) is 2.49. The number of carbonyl (C=O) groups is 1. The highest BCUT2D eigenvalue weighted by molar-refractivity contribution is 5.66. The molecule has 0 bridgehead atoms. The number of quaternary nitrogens is 1. The molecule has 4 aliphatic carbocycles. The number of likely N-dealkylation sites (N-methyl/N-ethyl adjacent to an activating group) is 1. The lowest BCUT2D eigenvalue weighted by atomic mass is 9.45. The Balaban J connectivity index is 1.27. The lowest BCUT2D eigenvalue weighted by molar-refractivity contribution is -0.940. The van der Waals surface area contributed by atoms with Crippen LogP contribution in [0, 0.1) is 34.5 Å². The van der Waals surface area contributed by atoms with E-state index in [1.165, 1.54) is 83.7 Å². The molecule has 2 heterocycles. The maximum Gasteiger partial charge on any atom is 0.303 e. The molecule has 36 heavy (non-hydrogen) atoms. The fraction of sp³-hybridized carbons (Fsp3) is 0.968. The predicted octanol–water partition coefficient (Wildman–Crippen LogP) is 5.27. The van der Waals surface area contributed by atoms with Crippen molar-refractivity contribution in [3.63, 3.8) is 0 Å². The number of fused-ring (bicyclic) bond motifs is 5. The minimum atomic E-state index is -0.0612. The number of likely N-dealkylation sites (tertiary alicyclic amines) is 1. The minimum absolute atomic E-state index is 0.0612. The van der Waals surface area contributed by atoms with Gasteiger partial charge in [-0.05, 0) is 93.3 Å². The number of piperidine rings is 1. The normalized spacial score (nSPS) is 48.9. The lowest BCUT2D eigenvalue weighted by Crippen LogP contribution is -2.60. The van der Waals surface area contributed by atoms with Gasteiger partial charge >= 0.3 is 5.97 Å². The molecule has 4 saturated carbocycles. The number of esters is 1. The highest BCUT2D eigenvalue weighted by Crippen LogP contribution is 2.67. The van der Waals surface area contributed by atoms with Crippen LogP contribution in [-0.4, -0.2) is 80.0 Å². The molecule has 0 aromatic heterocycles. The number of carbonyl (C=O) groups excluding carboxylic acids is 1. The molecule has 0 aromatic carbocycles. The summed E-state index contributed by atoms with van der Waals surface area (Å²) in [6, 6.07) is 1.24. The van der Waals surface area contributed by atoms with E-state index >= 15 is 0 Å². The van der Waals surface area contributed by atoms with Gasteiger partial charge in [0.15, 0.2) is 6.10 Å². The van der Waals surface area contributed by atoms with Crippen molar-refractivity contribution in [1.29, 1.82) is 0 Å². The number of hydrogen-bond acceptors (Lipinski definition) is 4. The molecular weight excluding hydrogens is 448 g/mol. The second kappa shape index (κ2) is 9.52. The Kier molecular flexibility index (Phi) is 6.77. The topological polar surface area (TPSA) is 38.8 Å². The van der Waals surface area contributed by atoms with Gasteiger partial charge in [-0.15, -0.1) is 0 Å². The standard InChI is InChI=1S/C31H53N2O3/c1-22(34)36-29-28(33(4)16-6-5-7-17-33)20-27-25-11-9-23-8-10-24(32-14-18-35-19-15-32)21-31(23,3)26(25)12-13-30(27,29)2/h23-29H,5-21H2,1-4H3/q+1/t23-,24?,25?,26?,27?,28?,29+,30+,31+/m1/s1. The number of ether oxygens (including phenoxy) is 2. The Morgan fingerprint density at radius 2 is 1.67 bits per heavy atom. The Morgan fingerprint density at radius 1 is 0.944 bits per heavy atom. The van der Waals surface area contributed by atoms with Crippen LogP contribution in [0.15, 0.2) is 0 Å². The molecular formula is C31H53N2O3+. The van der Waals surface area contributed by atoms with Gasteiger partial charge in [-0.25, -0.2) is 0 Å². The Hall–Kier alpha value is -0.650. The van der Waals surface area contributed by atoms with Gasteiger partial charge in [0, 0.05) is 37.9 Å². The maximum absolute atomic E-state index is 12.4. The molecule has 6 fully saturated rings. The third-order valence-corrected chi connectivity index (χ3v) is 13.0. The highest BCUT2D eigenvalue weighted by Gasteiger charge is 2.66. The average Bonchev–Trinajstić information content (AvgIpc) is 3.17. The van der Waals surface area contributed by atoms with Crippen LogP contribution in [-0.2, 0) is 14.3 Å². The highest BCUT2D eigenvalue weighted by atomic mass is 16.5. The molecule has 0 radical (unpaired) electrons. The van der Waals surface area contributed by atoms with E-state index in [9.17, 15) is 4.79 Å². The van der Waals surface area contributed by atoms with Gasteiger partial charge in [-0.2, -0.15) is 0 Å². The van der Waals surface area contributed by atoms with Gasteiger partial charge < -0.3 is 14.0 Å². The summed E-state index contributed by atoms with van der Waals surface area (Å²) in [5.41, 5.74) is 0.627. The molecule has 2 saturated heterocycles. The molecule has 2 aliphatic heterocycles. The Labute approximate surface area is 220 Å². The molecule has 0 amide bonds. The van der Waals surface area contributed by atoms with Crippen LogP contribution in [0.25, 0.3) is 0 Å². The van der Waals surface area contributed by atoms with Crippen molar-refractivity contribution >= 4 is 5.97 Å². The second-order valence-corrected chi connectivity index (χ2v) is 14.6. The zero-order valence-electron chi connectivity index (χ0n) is 23.7. The van der Waals surface area contributed by atoms with Crippen LogP contribution in [0.1, 0.15) is 91.4 Å². The average molecular weight is 502 g/mol. The van der Waals surface area contributed by atoms with E-state index in [1.807, 2.05) is 0 Å². The van der Waals surface area contributed by atoms with Crippen molar-refractivity contribution in [3.8, 4) is 0 Å². The molecule has 6 aliphatic rings. The fourth-order valence-corrected chi connectivity index (χ4v) is 11.1. The first-order valence-electron chi connectivity index (χ1n) is 15.6. The monoisotopic (exact) mass is 501 g/mol. The van der Waals surface area contributed by atoms with Crippen LogP contribution in [0.2, 0.25) is 0 Å². The zero-order chi connectivity index (χ0) is 25.1. The number of morpholine rings is 1. The number of hydrogen-bond donors (Lipinski definition) is 0. The van der Waals surface area contributed by atoms with Crippen molar-refractivity contribution in [3.05, 3.63) is 0 Å². The zero-order valence-corrected chi connectivity index (χ0v) is 23.7. The van der Waals surface area contributed by atoms with Crippen molar-refractivity contribution in [2.75, 3.05) is 46.4 Å². The van der Waals surface area contributed by atoms with Gasteiger partial charge in [-0.3, -0.25) is 9.69 Å². The minimum Gasteiger partial charge on any atom is -0.456 e. The van der Waals surface area contributed by atoms with Crippen molar-refractivity contribution in [1.82, 2.24) is 4.90 Å². The van der Waals surface area contributed by atoms with Gasteiger partial charge in [0.2, 0.25) is 0 Å². The van der Waals surface area contributed by atoms with Crippen LogP contribution in [0.3, 0.4) is 0 Å². The molecule has 0 N–H and O–H groups in total. The summed E-state index contributed by atoms with van der Waals surface area (Å²) < 4.78 is 13.2. The van der Waals surface area contributed by atoms with Gasteiger partial charge in [0.25, 0.3) is 0 Å². The van der Waals surface area contributed by atoms with E-state index in [0.29, 0.717) is 17.4 Å². The summed E-state index contributed by atoms with van der Waals surface area (Å²) >= 11 is 0. The molecule has 5 unspecified atom stereocenters. The summed E-state index contributed by atoms with van der Waals surface area (Å²) in [5.74, 6) is 3.22. The molecule has 9 atom stereocenters. The first-order chi connectivity index (χ1) is 17.2. The predicted molar refractivity (Wildman–Crippen MR) is 142 cm³/mol. The van der Waals surface area contributed by atoms with Crippen LogP contribution in [0.4, 0.5) is 0 Å². The SMILES string of the molecule is CC(=O)O[C@H]1C([N+]2(C)CCCCC2)CC2C3CC[C@H]4CCC(N5CCOCC5)C[C@]4(C)C3CC[C@@]21C.